The lowest BCUT2D eigenvalue weighted by atomic mass is 10.2. The first-order valence-electron chi connectivity index (χ1n) is 5.25. The Labute approximate surface area is 117 Å². The van der Waals surface area contributed by atoms with Crippen LogP contribution in [0.2, 0.25) is 10.2 Å². The number of rotatable bonds is 1. The lowest BCUT2D eigenvalue weighted by molar-refractivity contribution is 0.630. The monoisotopic (exact) mass is 294 g/mol. The van der Waals surface area contributed by atoms with E-state index < -0.39 is 5.82 Å². The van der Waals surface area contributed by atoms with Crippen molar-refractivity contribution in [2.24, 2.45) is 0 Å². The van der Waals surface area contributed by atoms with E-state index in [9.17, 15) is 4.39 Å². The highest BCUT2D eigenvalue weighted by Gasteiger charge is 2.13. The molecule has 2 heterocycles. The van der Waals surface area contributed by atoms with Gasteiger partial charge in [-0.1, -0.05) is 23.2 Å². The highest BCUT2D eigenvalue weighted by atomic mass is 35.5. The maximum Gasteiger partial charge on any atom is 0.183 e. The Morgan fingerprint density at radius 2 is 1.79 bits per heavy atom. The average molecular weight is 295 g/mol. The van der Waals surface area contributed by atoms with Gasteiger partial charge in [-0.3, -0.25) is 0 Å². The van der Waals surface area contributed by atoms with E-state index in [1.54, 1.807) is 0 Å². The molecule has 0 aliphatic rings. The van der Waals surface area contributed by atoms with Gasteiger partial charge in [-0.25, -0.2) is 24.3 Å². The van der Waals surface area contributed by atoms with Gasteiger partial charge in [-0.05, 0) is 18.2 Å². The first-order chi connectivity index (χ1) is 9.15. The molecule has 94 valence electrons. The predicted molar refractivity (Wildman–Crippen MR) is 70.5 cm³/mol. The molecule has 2 aromatic heterocycles. The summed E-state index contributed by atoms with van der Waals surface area (Å²) in [4.78, 5) is 16.2. The molecule has 3 aromatic rings. The van der Waals surface area contributed by atoms with Crippen LogP contribution in [0.1, 0.15) is 0 Å². The third kappa shape index (κ3) is 2.22. The van der Waals surface area contributed by atoms with Gasteiger partial charge in [0.25, 0.3) is 0 Å². The Kier molecular flexibility index (Phi) is 3.00. The van der Waals surface area contributed by atoms with Crippen LogP contribution in [0.15, 0.2) is 30.6 Å². The van der Waals surface area contributed by atoms with Gasteiger partial charge < -0.3 is 0 Å². The molecule has 0 aliphatic heterocycles. The van der Waals surface area contributed by atoms with E-state index in [1.807, 2.05) is 0 Å². The van der Waals surface area contributed by atoms with Crippen LogP contribution in [0, 0.1) is 5.82 Å². The van der Waals surface area contributed by atoms with Crippen molar-refractivity contribution in [1.29, 1.82) is 0 Å². The van der Waals surface area contributed by atoms with Gasteiger partial charge in [-0.15, -0.1) is 0 Å². The van der Waals surface area contributed by atoms with Crippen LogP contribution in [0.25, 0.3) is 22.6 Å². The van der Waals surface area contributed by atoms with Crippen molar-refractivity contribution in [1.82, 2.24) is 19.9 Å². The van der Waals surface area contributed by atoms with Crippen molar-refractivity contribution in [2.75, 3.05) is 0 Å². The zero-order chi connectivity index (χ0) is 13.4. The molecule has 19 heavy (non-hydrogen) atoms. The molecule has 0 aliphatic carbocycles. The highest BCUT2D eigenvalue weighted by Crippen LogP contribution is 2.26. The second kappa shape index (κ2) is 4.68. The maximum absolute atomic E-state index is 13.8. The molecular formula is C12H5Cl2FN4. The van der Waals surface area contributed by atoms with Crippen LogP contribution in [0.5, 0.6) is 0 Å². The normalized spacial score (nSPS) is 10.9. The van der Waals surface area contributed by atoms with E-state index in [4.69, 9.17) is 23.2 Å². The average Bonchev–Trinajstić information content (AvgIpc) is 2.41. The Morgan fingerprint density at radius 3 is 2.63 bits per heavy atom. The quantitative estimate of drug-likeness (QED) is 0.644. The molecule has 0 amide bonds. The molecule has 7 heteroatoms. The fraction of sp³-hybridized carbons (Fsp3) is 0. The van der Waals surface area contributed by atoms with Crippen molar-refractivity contribution in [2.45, 2.75) is 0 Å². The lowest BCUT2D eigenvalue weighted by Gasteiger charge is -2.04. The molecule has 0 fully saturated rings. The van der Waals surface area contributed by atoms with E-state index >= 15 is 0 Å². The topological polar surface area (TPSA) is 51.6 Å². The van der Waals surface area contributed by atoms with Crippen molar-refractivity contribution >= 4 is 34.4 Å². The van der Waals surface area contributed by atoms with Crippen molar-refractivity contribution < 1.29 is 4.39 Å². The Balaban J connectivity index is 2.28. The number of aromatic nitrogens is 4. The molecule has 0 saturated heterocycles. The first kappa shape index (κ1) is 12.2. The standard InChI is InChI=1S/C12H5Cl2FN4/c13-6-1-2-8(15)7(5-6)11-18-10(14)9-12(19-11)17-4-3-16-9/h1-5H. The van der Waals surface area contributed by atoms with Gasteiger partial charge in [0, 0.05) is 17.4 Å². The van der Waals surface area contributed by atoms with Crippen LogP contribution in [-0.2, 0) is 0 Å². The van der Waals surface area contributed by atoms with Crippen LogP contribution in [-0.4, -0.2) is 19.9 Å². The van der Waals surface area contributed by atoms with Crippen molar-refractivity contribution in [3.63, 3.8) is 0 Å². The van der Waals surface area contributed by atoms with E-state index in [2.05, 4.69) is 19.9 Å². The molecule has 0 radical (unpaired) electrons. The second-order valence-corrected chi connectivity index (χ2v) is 4.49. The van der Waals surface area contributed by atoms with Crippen LogP contribution in [0.3, 0.4) is 0 Å². The van der Waals surface area contributed by atoms with E-state index in [0.29, 0.717) is 16.2 Å². The third-order valence-corrected chi connectivity index (χ3v) is 2.96. The molecule has 0 N–H and O–H groups in total. The molecule has 1 aromatic carbocycles. The molecule has 0 atom stereocenters. The summed E-state index contributed by atoms with van der Waals surface area (Å²) in [5.74, 6) is -0.360. The van der Waals surface area contributed by atoms with Crippen LogP contribution in [0.4, 0.5) is 4.39 Å². The van der Waals surface area contributed by atoms with Gasteiger partial charge in [0.1, 0.15) is 11.3 Å². The summed E-state index contributed by atoms with van der Waals surface area (Å²) < 4.78 is 13.8. The SMILES string of the molecule is Fc1ccc(Cl)cc1-c1nc(Cl)c2nccnc2n1. The molecule has 4 nitrogen and oxygen atoms in total. The smallest absolute Gasteiger partial charge is 0.183 e. The van der Waals surface area contributed by atoms with Crippen molar-refractivity contribution in [3.8, 4) is 11.4 Å². The zero-order valence-electron chi connectivity index (χ0n) is 9.31. The van der Waals surface area contributed by atoms with E-state index in [1.165, 1.54) is 30.6 Å². The maximum atomic E-state index is 13.8. The van der Waals surface area contributed by atoms with Crippen molar-refractivity contribution in [3.05, 3.63) is 46.6 Å². The zero-order valence-corrected chi connectivity index (χ0v) is 10.8. The summed E-state index contributed by atoms with van der Waals surface area (Å²) >= 11 is 11.8. The van der Waals surface area contributed by atoms with E-state index in [0.717, 1.165) is 0 Å². The first-order valence-corrected chi connectivity index (χ1v) is 6.00. The number of hydrogen-bond donors (Lipinski definition) is 0. The number of halogens is 3. The Morgan fingerprint density at radius 1 is 1.00 bits per heavy atom. The number of benzene rings is 1. The number of hydrogen-bond acceptors (Lipinski definition) is 4. The van der Waals surface area contributed by atoms with Crippen LogP contribution < -0.4 is 0 Å². The van der Waals surface area contributed by atoms with Gasteiger partial charge in [-0.2, -0.15) is 0 Å². The second-order valence-electron chi connectivity index (χ2n) is 3.69. The molecule has 0 unspecified atom stereocenters. The largest absolute Gasteiger partial charge is 0.248 e. The highest BCUT2D eigenvalue weighted by molar-refractivity contribution is 6.33. The summed E-state index contributed by atoms with van der Waals surface area (Å²) in [7, 11) is 0. The minimum absolute atomic E-state index is 0.118. The lowest BCUT2D eigenvalue weighted by Crippen LogP contribution is -1.97. The minimum atomic E-state index is -0.483. The predicted octanol–water partition coefficient (Wildman–Crippen LogP) is 3.53. The fourth-order valence-electron chi connectivity index (χ4n) is 1.62. The summed E-state index contributed by atoms with van der Waals surface area (Å²) in [6, 6.07) is 4.13. The van der Waals surface area contributed by atoms with Gasteiger partial charge in [0.15, 0.2) is 16.6 Å². The molecule has 3 rings (SSSR count). The molecule has 0 spiro atoms. The third-order valence-electron chi connectivity index (χ3n) is 2.46. The Hall–Kier alpha value is -1.85. The molecular weight excluding hydrogens is 290 g/mol. The minimum Gasteiger partial charge on any atom is -0.248 e. The van der Waals surface area contributed by atoms with Gasteiger partial charge in [0.05, 0.1) is 5.56 Å². The molecule has 0 saturated carbocycles. The Bertz CT molecular complexity index is 779. The fourth-order valence-corrected chi connectivity index (χ4v) is 2.00. The van der Waals surface area contributed by atoms with Crippen LogP contribution >= 0.6 is 23.2 Å². The number of nitrogens with zero attached hydrogens (tertiary/aromatic N) is 4. The van der Waals surface area contributed by atoms with E-state index in [-0.39, 0.29) is 16.5 Å². The number of fused-ring (bicyclic) bond motifs is 1. The van der Waals surface area contributed by atoms with Gasteiger partial charge in [0.2, 0.25) is 0 Å². The van der Waals surface area contributed by atoms with Gasteiger partial charge >= 0.3 is 0 Å². The molecule has 0 bridgehead atoms. The summed E-state index contributed by atoms with van der Waals surface area (Å²) in [5, 5.41) is 0.503. The summed E-state index contributed by atoms with van der Waals surface area (Å²) in [6.07, 6.45) is 2.96. The summed E-state index contributed by atoms with van der Waals surface area (Å²) in [6.45, 7) is 0. The summed E-state index contributed by atoms with van der Waals surface area (Å²) in [5.41, 5.74) is 0.842.